The molecular formula is C83H73F13N14O12S2. The Morgan fingerprint density at radius 2 is 0.879 bits per heavy atom. The van der Waals surface area contributed by atoms with E-state index in [-0.39, 0.29) is 128 Å². The summed E-state index contributed by atoms with van der Waals surface area (Å²) >= 11 is 1.64. The zero-order valence-corrected chi connectivity index (χ0v) is 67.8. The number of methoxy groups -OCH3 is 1. The number of benzene rings is 8. The average molecular weight is 1770 g/mol. The van der Waals surface area contributed by atoms with Gasteiger partial charge in [-0.1, -0.05) is 75.2 Å². The van der Waals surface area contributed by atoms with Crippen molar-refractivity contribution in [2.24, 2.45) is 0 Å². The van der Waals surface area contributed by atoms with Gasteiger partial charge < -0.3 is 57.5 Å². The highest BCUT2D eigenvalue weighted by molar-refractivity contribution is 7.92. The van der Waals surface area contributed by atoms with Crippen LogP contribution < -0.4 is 44.1 Å². The van der Waals surface area contributed by atoms with E-state index in [4.69, 9.17) is 28.6 Å². The van der Waals surface area contributed by atoms with Gasteiger partial charge in [-0.3, -0.25) is 14.8 Å². The first-order chi connectivity index (χ1) is 58.7. The largest absolute Gasteiger partial charge is 0.573 e. The van der Waals surface area contributed by atoms with Crippen molar-refractivity contribution in [1.82, 2.24) is 40.6 Å². The molecule has 3 saturated heterocycles. The third kappa shape index (κ3) is 21.9. The van der Waals surface area contributed by atoms with Crippen molar-refractivity contribution in [1.29, 1.82) is 0 Å². The first-order valence-electron chi connectivity index (χ1n) is 37.7. The average Bonchev–Trinajstić information content (AvgIpc) is 1.54. The van der Waals surface area contributed by atoms with Crippen LogP contribution in [0.5, 0.6) is 23.0 Å². The summed E-state index contributed by atoms with van der Waals surface area (Å²) in [6.45, 7) is 8.00. The molecule has 16 rings (SSSR count). The fraction of sp³-hybridized carbons (Fsp3) is 0.277. The van der Waals surface area contributed by atoms with E-state index in [1.807, 2.05) is 49.4 Å². The fourth-order valence-corrected chi connectivity index (χ4v) is 15.6. The predicted molar refractivity (Wildman–Crippen MR) is 433 cm³/mol. The maximum atomic E-state index is 14.0. The number of nitro groups is 1. The number of aromatic nitrogens is 8. The molecule has 3 aliphatic rings. The third-order valence-electron chi connectivity index (χ3n) is 19.7. The van der Waals surface area contributed by atoms with Gasteiger partial charge in [-0.15, -0.1) is 39.5 Å². The number of rotatable bonds is 19. The molecule has 0 bridgehead atoms. The highest BCUT2D eigenvalue weighted by Gasteiger charge is 2.40. The van der Waals surface area contributed by atoms with Crippen molar-refractivity contribution < 1.29 is 107 Å². The van der Waals surface area contributed by atoms with Crippen molar-refractivity contribution in [3.63, 3.8) is 0 Å². The number of nitro benzene ring substituents is 1. The molecule has 650 valence electrons. The van der Waals surface area contributed by atoms with Crippen molar-refractivity contribution in [2.75, 3.05) is 64.7 Å². The Balaban J connectivity index is 0.000000142. The summed E-state index contributed by atoms with van der Waals surface area (Å²) in [5.41, 5.74) is 14.7. The number of nitrogens with one attached hydrogen (secondary N) is 1. The topological polar surface area (TPSA) is 318 Å². The summed E-state index contributed by atoms with van der Waals surface area (Å²) < 4.78 is 234. The Morgan fingerprint density at radius 3 is 1.27 bits per heavy atom. The normalized spacial score (nSPS) is 15.8. The van der Waals surface area contributed by atoms with Gasteiger partial charge in [0.2, 0.25) is 33.3 Å². The number of piperidine rings is 2. The summed E-state index contributed by atoms with van der Waals surface area (Å²) in [5.74, 6) is -6.05. The van der Waals surface area contributed by atoms with Gasteiger partial charge in [-0.05, 0) is 196 Å². The number of hydrogen-bond acceptors (Lipinski definition) is 25. The number of para-hydroxylation sites is 4. The van der Waals surface area contributed by atoms with E-state index in [0.717, 1.165) is 42.4 Å². The lowest BCUT2D eigenvalue weighted by molar-refractivity contribution is -0.384. The Morgan fingerprint density at radius 1 is 0.500 bits per heavy atom. The lowest BCUT2D eigenvalue weighted by Gasteiger charge is -2.35. The lowest BCUT2D eigenvalue weighted by Crippen LogP contribution is -2.43. The minimum absolute atomic E-state index is 0.00466. The number of aryl methyl sites for hydroxylation is 2. The highest BCUT2D eigenvalue weighted by atomic mass is 32.2. The maximum Gasteiger partial charge on any atom is 0.573 e. The molecule has 3 N–H and O–H groups in total. The molecule has 8 aromatic carbocycles. The molecule has 3 aliphatic heterocycles. The molecule has 0 aliphatic carbocycles. The monoisotopic (exact) mass is 1770 g/mol. The number of nitrogen functional groups attached to an aromatic ring is 1. The second-order valence-corrected chi connectivity index (χ2v) is 31.3. The van der Waals surface area contributed by atoms with Crippen molar-refractivity contribution in [3.8, 4) is 125 Å². The van der Waals surface area contributed by atoms with Gasteiger partial charge >= 0.3 is 19.1 Å². The molecular weight excluding hydrogens is 1700 g/mol. The molecule has 8 heterocycles. The van der Waals surface area contributed by atoms with Crippen LogP contribution in [-0.2, 0) is 10.0 Å². The van der Waals surface area contributed by atoms with Crippen LogP contribution in [0, 0.1) is 24.0 Å². The van der Waals surface area contributed by atoms with Crippen molar-refractivity contribution in [3.05, 3.63) is 202 Å². The summed E-state index contributed by atoms with van der Waals surface area (Å²) in [4.78, 5) is 33.4. The Labute approximate surface area is 701 Å². The molecule has 5 aromatic heterocycles. The second-order valence-electron chi connectivity index (χ2n) is 28.8. The van der Waals surface area contributed by atoms with Crippen LogP contribution in [0.15, 0.2) is 199 Å². The standard InChI is InChI=1S/C21H19F5N4O4S.C21H15F3N2O2S.C21H22N4O4.C20H17F5N4O2/c1-35(31,32)29-15-11-13(7-8-16(15)30-10-4-9-20(22,23)12-30)19-27-18(28-34-19)14-5-2-3-6-17(14)33-21(24,25)26;1-12-9-14(7-8-15(12)17-11-29-10-13(17)2)20-25-19(26-28-20)16-5-3-4-6-18(16)27-21(22,23)24;1-13-8-9-14(2)24(13)17-11-10-15(12-18(17)25(26)27)21-22-20(23-29-21)16-6-4-5-7-19(16)28-3;21-19(22)8-3-9-29(11-19)15-7-6-12(10-14(15)26)18-27-17(28-31-18)13-4-1-2-5-16(13)30-20(23,24)25/h2-3,5-8,11,29H,4,9-10,12H2,1H3;3-11H,1-2H3;4-7,10-14H,8-9H2,1-3H3;1-2,4-7,10H,3,8-9,11,26H2. The fourth-order valence-electron chi connectivity index (χ4n) is 14.2. The lowest BCUT2D eigenvalue weighted by atomic mass is 9.98. The molecule has 26 nitrogen and oxygen atoms in total. The number of sulfonamides is 1. The molecule has 41 heteroatoms. The van der Waals surface area contributed by atoms with Gasteiger partial charge in [-0.2, -0.15) is 31.3 Å². The molecule has 2 atom stereocenters. The zero-order chi connectivity index (χ0) is 88.8. The predicted octanol–water partition coefficient (Wildman–Crippen LogP) is 21.4. The van der Waals surface area contributed by atoms with Crippen molar-refractivity contribution >= 4 is 55.5 Å². The van der Waals surface area contributed by atoms with Crippen molar-refractivity contribution in [2.45, 2.75) is 109 Å². The van der Waals surface area contributed by atoms with Gasteiger partial charge in [-0.25, -0.2) is 26.0 Å². The summed E-state index contributed by atoms with van der Waals surface area (Å²) in [5, 5.41) is 31.3. The van der Waals surface area contributed by atoms with E-state index in [0.29, 0.717) is 64.7 Å². The number of ether oxygens (including phenoxy) is 4. The van der Waals surface area contributed by atoms with Gasteiger partial charge in [0, 0.05) is 66.3 Å². The number of thiophene rings is 1. The van der Waals surface area contributed by atoms with E-state index < -0.39 is 65.5 Å². The van der Waals surface area contributed by atoms with E-state index in [1.165, 1.54) is 106 Å². The van der Waals surface area contributed by atoms with Gasteiger partial charge in [0.05, 0.1) is 76.4 Å². The Hall–Kier alpha value is -13.3. The third-order valence-corrected chi connectivity index (χ3v) is 21.1. The smallest absolute Gasteiger partial charge is 0.496 e. The zero-order valence-electron chi connectivity index (χ0n) is 66.1. The quantitative estimate of drug-likeness (QED) is 0.0329. The highest BCUT2D eigenvalue weighted by Crippen LogP contribution is 2.45. The Bertz CT molecular complexity index is 6070. The number of hydrogen-bond donors (Lipinski definition) is 2. The molecule has 13 aromatic rings. The molecule has 3 fully saturated rings. The first kappa shape index (κ1) is 88.4. The molecule has 0 radical (unpaired) electrons. The first-order valence-corrected chi connectivity index (χ1v) is 40.6. The van der Waals surface area contributed by atoms with Gasteiger partial charge in [0.25, 0.3) is 41.1 Å². The summed E-state index contributed by atoms with van der Waals surface area (Å²) in [7, 11) is -2.21. The summed E-state index contributed by atoms with van der Waals surface area (Å²) in [6.07, 6.45) is -11.5. The van der Waals surface area contributed by atoms with Gasteiger partial charge in [0.15, 0.2) is 0 Å². The van der Waals surface area contributed by atoms with E-state index in [1.54, 1.807) is 48.8 Å². The number of nitrogens with two attached hydrogens (primary N) is 1. The number of nitrogens with zero attached hydrogens (tertiary/aromatic N) is 12. The van der Waals surface area contributed by atoms with Crippen LogP contribution in [0.3, 0.4) is 0 Å². The van der Waals surface area contributed by atoms with Crippen LogP contribution >= 0.6 is 11.3 Å². The SMILES string of the molecule is COc1ccccc1-c1noc(-c2ccc(N3C(C)CCC3C)c([N+](=O)[O-])c2)n1.CS(=O)(=O)Nc1cc(-c2nc(-c3ccccc3OC(F)(F)F)no2)ccc1N1CCCC(F)(F)C1.Cc1cc(-c2nc(-c3ccccc3OC(F)(F)F)no2)ccc1-c1cscc1C.Nc1cc(-c2nc(-c3ccccc3OC(F)(F)F)no2)ccc1N1CCCC(F)(F)C1. The molecule has 0 amide bonds. The number of alkyl halides is 13. The number of anilines is 5. The minimum Gasteiger partial charge on any atom is -0.496 e. The summed E-state index contributed by atoms with van der Waals surface area (Å²) in [6, 6.07) is 43.9. The molecule has 124 heavy (non-hydrogen) atoms. The number of halogens is 13. The maximum absolute atomic E-state index is 14.0. The molecule has 0 spiro atoms. The second kappa shape index (κ2) is 36.4. The van der Waals surface area contributed by atoms with Crippen LogP contribution in [-0.4, -0.2) is 136 Å². The van der Waals surface area contributed by atoms with Crippen LogP contribution in [0.1, 0.15) is 63.5 Å². The van der Waals surface area contributed by atoms with Crippen LogP contribution in [0.4, 0.5) is 91.2 Å². The van der Waals surface area contributed by atoms with E-state index in [9.17, 15) is 75.6 Å². The molecule has 0 saturated carbocycles. The Kier molecular flexibility index (Phi) is 25.9. The van der Waals surface area contributed by atoms with Gasteiger partial charge in [0.1, 0.15) is 28.7 Å². The minimum atomic E-state index is -4.93. The van der Waals surface area contributed by atoms with Crippen LogP contribution in [0.2, 0.25) is 0 Å². The van der Waals surface area contributed by atoms with E-state index in [2.05, 4.69) is 95.9 Å². The van der Waals surface area contributed by atoms with Crippen LogP contribution in [0.25, 0.3) is 102 Å². The van der Waals surface area contributed by atoms with E-state index >= 15 is 0 Å². The molecule has 2 unspecified atom stereocenters.